The van der Waals surface area contributed by atoms with Crippen LogP contribution in [0.1, 0.15) is 22.3 Å². The number of hydrogen-bond donors (Lipinski definition) is 0. The molecule has 0 heterocycles. The van der Waals surface area contributed by atoms with Gasteiger partial charge < -0.3 is 4.90 Å². The third kappa shape index (κ3) is 4.95. The van der Waals surface area contributed by atoms with Crippen LogP contribution in [-0.2, 0) is 5.41 Å². The highest BCUT2D eigenvalue weighted by atomic mass is 15.1. The summed E-state index contributed by atoms with van der Waals surface area (Å²) in [6.45, 7) is 0. The van der Waals surface area contributed by atoms with Crippen molar-refractivity contribution in [3.8, 4) is 55.6 Å². The maximum Gasteiger partial charge on any atom is 0.0725 e. The number of benzene rings is 9. The molecule has 1 spiro atoms. The molecule has 0 aliphatic heterocycles. The molecule has 0 radical (unpaired) electrons. The lowest BCUT2D eigenvalue weighted by Crippen LogP contribution is -2.26. The van der Waals surface area contributed by atoms with Gasteiger partial charge in [-0.25, -0.2) is 0 Å². The summed E-state index contributed by atoms with van der Waals surface area (Å²) in [6.07, 6.45) is 0. The van der Waals surface area contributed by atoms with Crippen molar-refractivity contribution in [2.75, 3.05) is 4.90 Å². The van der Waals surface area contributed by atoms with E-state index in [1.165, 1.54) is 77.9 Å². The fourth-order valence-electron chi connectivity index (χ4n) is 9.40. The van der Waals surface area contributed by atoms with E-state index in [0.29, 0.717) is 0 Å². The first-order valence-electron chi connectivity index (χ1n) is 19.4. The summed E-state index contributed by atoms with van der Waals surface area (Å²) < 4.78 is 0. The largest absolute Gasteiger partial charge is 0.310 e. The standard InChI is InChI=1S/C55H37N/c1-4-14-38(15-5-1)41-24-29-44(30-25-41)56(45-31-26-42(27-32-45)39-16-6-2-7-17-39)46-33-35-53-50(37-46)48-21-11-13-23-52(48)55(53)51-22-12-10-20-47(51)49-34-28-43(36-54(49)55)40-18-8-3-9-19-40/h1-37H. The van der Waals surface area contributed by atoms with Crippen molar-refractivity contribution in [1.82, 2.24) is 0 Å². The van der Waals surface area contributed by atoms with Gasteiger partial charge >= 0.3 is 0 Å². The summed E-state index contributed by atoms with van der Waals surface area (Å²) in [5.41, 5.74) is 20.8. The first-order chi connectivity index (χ1) is 27.8. The Hall–Kier alpha value is -7.22. The normalized spacial score (nSPS) is 14.5. The van der Waals surface area contributed by atoms with Crippen molar-refractivity contribution in [3.63, 3.8) is 0 Å². The van der Waals surface area contributed by atoms with Gasteiger partial charge in [0.15, 0.2) is 0 Å². The van der Waals surface area contributed by atoms with E-state index in [1.54, 1.807) is 0 Å². The molecule has 262 valence electrons. The molecule has 2 aliphatic rings. The Labute approximate surface area is 328 Å². The van der Waals surface area contributed by atoms with Gasteiger partial charge in [-0.05, 0) is 120 Å². The molecule has 1 atom stereocenters. The Balaban J connectivity index is 1.11. The van der Waals surface area contributed by atoms with Gasteiger partial charge in [-0.2, -0.15) is 0 Å². The lowest BCUT2D eigenvalue weighted by atomic mass is 9.70. The van der Waals surface area contributed by atoms with Crippen molar-refractivity contribution in [3.05, 3.63) is 247 Å². The number of fused-ring (bicyclic) bond motifs is 10. The molecule has 0 amide bonds. The van der Waals surface area contributed by atoms with Crippen LogP contribution in [0.25, 0.3) is 55.6 Å². The van der Waals surface area contributed by atoms with E-state index in [4.69, 9.17) is 0 Å². The van der Waals surface area contributed by atoms with E-state index in [0.717, 1.165) is 17.1 Å². The molecule has 9 aromatic carbocycles. The average Bonchev–Trinajstić information content (AvgIpc) is 3.74. The molecule has 11 rings (SSSR count). The fraction of sp³-hybridized carbons (Fsp3) is 0.0182. The van der Waals surface area contributed by atoms with E-state index in [1.807, 2.05) is 0 Å². The predicted octanol–water partition coefficient (Wildman–Crippen LogP) is 14.5. The Morgan fingerprint density at radius 1 is 0.232 bits per heavy atom. The lowest BCUT2D eigenvalue weighted by molar-refractivity contribution is 0.794. The summed E-state index contributed by atoms with van der Waals surface area (Å²) in [6, 6.07) is 82.4. The lowest BCUT2D eigenvalue weighted by Gasteiger charge is -2.31. The second kappa shape index (κ2) is 13.0. The van der Waals surface area contributed by atoms with E-state index < -0.39 is 5.41 Å². The molecule has 1 heteroatoms. The summed E-state index contributed by atoms with van der Waals surface area (Å²) >= 11 is 0. The van der Waals surface area contributed by atoms with Gasteiger partial charge in [0.2, 0.25) is 0 Å². The zero-order chi connectivity index (χ0) is 37.1. The van der Waals surface area contributed by atoms with Crippen LogP contribution in [0.2, 0.25) is 0 Å². The Bertz CT molecular complexity index is 2790. The van der Waals surface area contributed by atoms with Crippen molar-refractivity contribution in [1.29, 1.82) is 0 Å². The van der Waals surface area contributed by atoms with Crippen LogP contribution in [-0.4, -0.2) is 0 Å². The van der Waals surface area contributed by atoms with E-state index >= 15 is 0 Å². The highest BCUT2D eigenvalue weighted by Gasteiger charge is 2.51. The molecule has 2 aliphatic carbocycles. The van der Waals surface area contributed by atoms with Crippen LogP contribution in [0.3, 0.4) is 0 Å². The Kier molecular flexibility index (Phi) is 7.47. The highest BCUT2D eigenvalue weighted by molar-refractivity contribution is 5.97. The zero-order valence-corrected chi connectivity index (χ0v) is 30.8. The van der Waals surface area contributed by atoms with Crippen LogP contribution in [0.15, 0.2) is 224 Å². The van der Waals surface area contributed by atoms with Crippen molar-refractivity contribution >= 4 is 17.1 Å². The van der Waals surface area contributed by atoms with Gasteiger partial charge in [-0.1, -0.05) is 182 Å². The molecule has 0 fully saturated rings. The zero-order valence-electron chi connectivity index (χ0n) is 30.8. The second-order valence-electron chi connectivity index (χ2n) is 14.9. The molecule has 9 aromatic rings. The van der Waals surface area contributed by atoms with Gasteiger partial charge in [0.1, 0.15) is 0 Å². The molecule has 1 nitrogen and oxygen atoms in total. The van der Waals surface area contributed by atoms with Crippen molar-refractivity contribution < 1.29 is 0 Å². The first-order valence-corrected chi connectivity index (χ1v) is 19.4. The number of hydrogen-bond acceptors (Lipinski definition) is 1. The molecule has 56 heavy (non-hydrogen) atoms. The van der Waals surface area contributed by atoms with Gasteiger partial charge in [-0.15, -0.1) is 0 Å². The van der Waals surface area contributed by atoms with Crippen LogP contribution in [0.5, 0.6) is 0 Å². The topological polar surface area (TPSA) is 3.24 Å². The third-order valence-corrected chi connectivity index (χ3v) is 11.9. The molecule has 0 saturated carbocycles. The Morgan fingerprint density at radius 3 is 1.14 bits per heavy atom. The summed E-state index contributed by atoms with van der Waals surface area (Å²) in [7, 11) is 0. The molecule has 0 saturated heterocycles. The van der Waals surface area contributed by atoms with E-state index in [9.17, 15) is 0 Å². The SMILES string of the molecule is c1ccc(-c2ccc(N(c3ccc(-c4ccccc4)cc3)c3ccc4c(c3)-c3ccccc3C43c4ccccc4-c4ccc(-c5ccccc5)cc43)cc2)cc1. The summed E-state index contributed by atoms with van der Waals surface area (Å²) in [5.74, 6) is 0. The second-order valence-corrected chi connectivity index (χ2v) is 14.9. The van der Waals surface area contributed by atoms with Crippen LogP contribution in [0, 0.1) is 0 Å². The monoisotopic (exact) mass is 711 g/mol. The number of nitrogens with zero attached hydrogens (tertiary/aromatic N) is 1. The van der Waals surface area contributed by atoms with Gasteiger partial charge in [0, 0.05) is 17.1 Å². The molecule has 0 aromatic heterocycles. The Morgan fingerprint density at radius 2 is 0.607 bits per heavy atom. The first kappa shape index (κ1) is 32.2. The van der Waals surface area contributed by atoms with Crippen LogP contribution < -0.4 is 4.90 Å². The third-order valence-electron chi connectivity index (χ3n) is 11.9. The number of anilines is 3. The average molecular weight is 712 g/mol. The number of rotatable bonds is 6. The molecular weight excluding hydrogens is 675 g/mol. The van der Waals surface area contributed by atoms with Gasteiger partial charge in [0.05, 0.1) is 5.41 Å². The minimum Gasteiger partial charge on any atom is -0.310 e. The predicted molar refractivity (Wildman–Crippen MR) is 234 cm³/mol. The van der Waals surface area contributed by atoms with Crippen LogP contribution in [0.4, 0.5) is 17.1 Å². The smallest absolute Gasteiger partial charge is 0.0725 e. The molecule has 1 unspecified atom stereocenters. The summed E-state index contributed by atoms with van der Waals surface area (Å²) in [5, 5.41) is 0. The van der Waals surface area contributed by atoms with Gasteiger partial charge in [0.25, 0.3) is 0 Å². The summed E-state index contributed by atoms with van der Waals surface area (Å²) in [4.78, 5) is 2.40. The van der Waals surface area contributed by atoms with E-state index in [2.05, 4.69) is 229 Å². The maximum atomic E-state index is 2.46. The van der Waals surface area contributed by atoms with Crippen molar-refractivity contribution in [2.24, 2.45) is 0 Å². The van der Waals surface area contributed by atoms with E-state index in [-0.39, 0.29) is 0 Å². The molecule has 0 N–H and O–H groups in total. The molecular formula is C55H37N. The minimum absolute atomic E-state index is 0.430. The fourth-order valence-corrected chi connectivity index (χ4v) is 9.40. The minimum atomic E-state index is -0.430. The van der Waals surface area contributed by atoms with Crippen LogP contribution >= 0.6 is 0 Å². The highest BCUT2D eigenvalue weighted by Crippen LogP contribution is 2.63. The van der Waals surface area contributed by atoms with Crippen molar-refractivity contribution in [2.45, 2.75) is 5.41 Å². The van der Waals surface area contributed by atoms with Gasteiger partial charge in [-0.3, -0.25) is 0 Å². The quantitative estimate of drug-likeness (QED) is 0.166. The molecule has 0 bridgehead atoms. The maximum absolute atomic E-state index is 2.46.